The highest BCUT2D eigenvalue weighted by Gasteiger charge is 2.24. The maximum Gasteiger partial charge on any atom is 0.355 e. The van der Waals surface area contributed by atoms with Gasteiger partial charge in [-0.05, 0) is 18.9 Å². The second kappa shape index (κ2) is 4.16. The number of carbonyl (C=O) groups is 1. The predicted molar refractivity (Wildman–Crippen MR) is 58.4 cm³/mol. The summed E-state index contributed by atoms with van der Waals surface area (Å²) in [5.74, 6) is -0.450. The van der Waals surface area contributed by atoms with Gasteiger partial charge in [-0.3, -0.25) is 0 Å². The first-order valence-corrected chi connectivity index (χ1v) is 5.72. The van der Waals surface area contributed by atoms with Crippen LogP contribution in [0.2, 0.25) is 0 Å². The summed E-state index contributed by atoms with van der Waals surface area (Å²) in [4.78, 5) is 16.8. The molecule has 15 heavy (non-hydrogen) atoms. The smallest absolute Gasteiger partial charge is 0.355 e. The zero-order chi connectivity index (χ0) is 10.8. The molecule has 6 heteroatoms. The van der Waals surface area contributed by atoms with Gasteiger partial charge < -0.3 is 15.7 Å². The van der Waals surface area contributed by atoms with E-state index in [-0.39, 0.29) is 5.69 Å². The first-order valence-electron chi connectivity index (χ1n) is 4.84. The fourth-order valence-electron chi connectivity index (χ4n) is 1.71. The Balaban J connectivity index is 2.07. The lowest BCUT2D eigenvalue weighted by Crippen LogP contribution is -2.22. The van der Waals surface area contributed by atoms with Gasteiger partial charge in [0.2, 0.25) is 0 Å². The monoisotopic (exact) mass is 227 g/mol. The summed E-state index contributed by atoms with van der Waals surface area (Å²) >= 11 is 1.38. The van der Waals surface area contributed by atoms with Crippen molar-refractivity contribution in [1.82, 2.24) is 4.98 Å². The Hall–Kier alpha value is -1.14. The minimum Gasteiger partial charge on any atom is -0.476 e. The number of anilines is 1. The molecule has 1 aromatic heterocycles. The lowest BCUT2D eigenvalue weighted by atomic mass is 10.1. The van der Waals surface area contributed by atoms with Gasteiger partial charge in [0, 0.05) is 18.5 Å². The third-order valence-electron chi connectivity index (χ3n) is 2.60. The zero-order valence-corrected chi connectivity index (χ0v) is 9.04. The Morgan fingerprint density at radius 2 is 2.60 bits per heavy atom. The van der Waals surface area contributed by atoms with E-state index in [2.05, 4.69) is 9.88 Å². The number of aromatic carboxylic acids is 1. The Labute approximate surface area is 91.5 Å². The summed E-state index contributed by atoms with van der Waals surface area (Å²) in [5.41, 5.74) is 5.72. The van der Waals surface area contributed by atoms with Gasteiger partial charge in [0.25, 0.3) is 0 Å². The third kappa shape index (κ3) is 2.10. The van der Waals surface area contributed by atoms with Crippen LogP contribution in [0.3, 0.4) is 0 Å². The van der Waals surface area contributed by atoms with Crippen LogP contribution in [-0.4, -0.2) is 35.7 Å². The van der Waals surface area contributed by atoms with Gasteiger partial charge in [0.15, 0.2) is 10.8 Å². The highest BCUT2D eigenvalue weighted by molar-refractivity contribution is 7.13. The fourth-order valence-corrected chi connectivity index (χ4v) is 2.54. The van der Waals surface area contributed by atoms with Crippen molar-refractivity contribution in [3.05, 3.63) is 11.1 Å². The summed E-state index contributed by atoms with van der Waals surface area (Å²) in [6.07, 6.45) is 1.07. The van der Waals surface area contributed by atoms with Crippen molar-refractivity contribution < 1.29 is 9.90 Å². The van der Waals surface area contributed by atoms with Crippen LogP contribution in [0.15, 0.2) is 5.38 Å². The van der Waals surface area contributed by atoms with Crippen molar-refractivity contribution in [2.75, 3.05) is 24.5 Å². The molecule has 1 saturated heterocycles. The highest BCUT2D eigenvalue weighted by atomic mass is 32.1. The molecule has 0 bridgehead atoms. The van der Waals surface area contributed by atoms with Gasteiger partial charge in [0.05, 0.1) is 0 Å². The molecule has 5 nitrogen and oxygen atoms in total. The van der Waals surface area contributed by atoms with Crippen molar-refractivity contribution in [3.8, 4) is 0 Å². The van der Waals surface area contributed by atoms with Crippen LogP contribution in [0.4, 0.5) is 5.13 Å². The molecule has 1 fully saturated rings. The third-order valence-corrected chi connectivity index (χ3v) is 3.50. The first kappa shape index (κ1) is 10.4. The molecule has 0 saturated carbocycles. The van der Waals surface area contributed by atoms with E-state index in [0.29, 0.717) is 12.5 Å². The van der Waals surface area contributed by atoms with E-state index < -0.39 is 5.97 Å². The molecule has 0 aromatic carbocycles. The van der Waals surface area contributed by atoms with E-state index in [4.69, 9.17) is 10.8 Å². The standard InChI is InChI=1S/C9H13N3O2S/c10-3-6-1-2-12(4-6)9-11-7(5-15-9)8(13)14/h5-6H,1-4,10H2,(H,13,14). The second-order valence-corrected chi connectivity index (χ2v) is 4.49. The van der Waals surface area contributed by atoms with E-state index >= 15 is 0 Å². The number of thiazole rings is 1. The number of carboxylic acid groups (broad SMARTS) is 1. The molecule has 82 valence electrons. The highest BCUT2D eigenvalue weighted by Crippen LogP contribution is 2.26. The van der Waals surface area contributed by atoms with E-state index in [0.717, 1.165) is 24.6 Å². The minimum absolute atomic E-state index is 0.131. The maximum atomic E-state index is 10.7. The van der Waals surface area contributed by atoms with Crippen LogP contribution in [0.5, 0.6) is 0 Å². The lowest BCUT2D eigenvalue weighted by molar-refractivity contribution is 0.0691. The predicted octanol–water partition coefficient (Wildman–Crippen LogP) is 0.626. The Kier molecular flexibility index (Phi) is 2.88. The van der Waals surface area contributed by atoms with E-state index in [1.807, 2.05) is 0 Å². The van der Waals surface area contributed by atoms with Gasteiger partial charge in [-0.2, -0.15) is 0 Å². The molecule has 1 atom stereocenters. The topological polar surface area (TPSA) is 79.5 Å². The number of nitrogens with two attached hydrogens (primary N) is 1. The SMILES string of the molecule is NCC1CCN(c2nc(C(=O)O)cs2)C1. The number of hydrogen-bond donors (Lipinski definition) is 2. The molecule has 0 aliphatic carbocycles. The normalized spacial score (nSPS) is 20.9. The Bertz CT molecular complexity index is 366. The quantitative estimate of drug-likeness (QED) is 0.791. The fraction of sp³-hybridized carbons (Fsp3) is 0.556. The average Bonchev–Trinajstić information content (AvgIpc) is 2.86. The molecule has 1 unspecified atom stereocenters. The molecular formula is C9H13N3O2S. The molecule has 1 aromatic rings. The molecule has 0 radical (unpaired) electrons. The molecule has 0 amide bonds. The summed E-state index contributed by atoms with van der Waals surface area (Å²) in [5, 5.41) is 11.1. The molecule has 1 aliphatic heterocycles. The Morgan fingerprint density at radius 1 is 1.80 bits per heavy atom. The van der Waals surface area contributed by atoms with Crippen LogP contribution < -0.4 is 10.6 Å². The minimum atomic E-state index is -0.966. The van der Waals surface area contributed by atoms with Gasteiger partial charge in [-0.25, -0.2) is 9.78 Å². The molecular weight excluding hydrogens is 214 g/mol. The molecule has 1 aliphatic rings. The molecule has 2 rings (SSSR count). The first-order chi connectivity index (χ1) is 7.20. The Morgan fingerprint density at radius 3 is 3.13 bits per heavy atom. The van der Waals surface area contributed by atoms with Crippen molar-refractivity contribution in [2.24, 2.45) is 11.7 Å². The van der Waals surface area contributed by atoms with Crippen LogP contribution >= 0.6 is 11.3 Å². The van der Waals surface area contributed by atoms with E-state index in [1.54, 1.807) is 5.38 Å². The van der Waals surface area contributed by atoms with Gasteiger partial charge in [0.1, 0.15) is 0 Å². The summed E-state index contributed by atoms with van der Waals surface area (Å²) in [6.45, 7) is 2.51. The largest absolute Gasteiger partial charge is 0.476 e. The summed E-state index contributed by atoms with van der Waals surface area (Å²) in [7, 11) is 0. The van der Waals surface area contributed by atoms with Crippen LogP contribution in [-0.2, 0) is 0 Å². The average molecular weight is 227 g/mol. The van der Waals surface area contributed by atoms with Crippen LogP contribution in [0, 0.1) is 5.92 Å². The number of rotatable bonds is 3. The number of aromatic nitrogens is 1. The van der Waals surface area contributed by atoms with Crippen LogP contribution in [0.25, 0.3) is 0 Å². The molecule has 0 spiro atoms. The van der Waals surface area contributed by atoms with Gasteiger partial charge in [-0.15, -0.1) is 11.3 Å². The van der Waals surface area contributed by atoms with Crippen molar-refractivity contribution >= 4 is 22.4 Å². The second-order valence-electron chi connectivity index (χ2n) is 3.66. The van der Waals surface area contributed by atoms with Crippen molar-refractivity contribution in [2.45, 2.75) is 6.42 Å². The maximum absolute atomic E-state index is 10.7. The number of carboxylic acids is 1. The summed E-state index contributed by atoms with van der Waals surface area (Å²) < 4.78 is 0. The molecule has 2 heterocycles. The number of hydrogen-bond acceptors (Lipinski definition) is 5. The van der Waals surface area contributed by atoms with Crippen molar-refractivity contribution in [3.63, 3.8) is 0 Å². The zero-order valence-electron chi connectivity index (χ0n) is 8.22. The van der Waals surface area contributed by atoms with E-state index in [9.17, 15) is 4.79 Å². The lowest BCUT2D eigenvalue weighted by Gasteiger charge is -2.13. The number of nitrogens with zero attached hydrogens (tertiary/aromatic N) is 2. The van der Waals surface area contributed by atoms with Crippen molar-refractivity contribution in [1.29, 1.82) is 0 Å². The van der Waals surface area contributed by atoms with E-state index in [1.165, 1.54) is 11.3 Å². The molecule has 3 N–H and O–H groups in total. The summed E-state index contributed by atoms with van der Waals surface area (Å²) in [6, 6.07) is 0. The van der Waals surface area contributed by atoms with Crippen LogP contribution in [0.1, 0.15) is 16.9 Å². The van der Waals surface area contributed by atoms with Gasteiger partial charge >= 0.3 is 5.97 Å². The van der Waals surface area contributed by atoms with Gasteiger partial charge in [-0.1, -0.05) is 0 Å².